The van der Waals surface area contributed by atoms with E-state index in [2.05, 4.69) is 22.0 Å². The SMILES string of the molecule is CCOc1nc(CS)ns1. The molecule has 0 unspecified atom stereocenters. The van der Waals surface area contributed by atoms with Crippen LogP contribution in [0.4, 0.5) is 0 Å². The number of nitrogens with zero attached hydrogens (tertiary/aromatic N) is 2. The van der Waals surface area contributed by atoms with E-state index in [1.54, 1.807) is 0 Å². The Labute approximate surface area is 69.0 Å². The predicted octanol–water partition coefficient (Wildman–Crippen LogP) is 1.37. The van der Waals surface area contributed by atoms with Crippen molar-refractivity contribution >= 4 is 24.2 Å². The summed E-state index contributed by atoms with van der Waals surface area (Å²) in [4.78, 5) is 4.03. The Bertz CT molecular complexity index is 201. The lowest BCUT2D eigenvalue weighted by atomic mass is 10.7. The third kappa shape index (κ3) is 1.85. The minimum absolute atomic E-state index is 0.573. The van der Waals surface area contributed by atoms with Crippen LogP contribution in [0.25, 0.3) is 0 Å². The molecule has 0 aliphatic heterocycles. The van der Waals surface area contributed by atoms with Crippen molar-refractivity contribution in [2.24, 2.45) is 0 Å². The minimum atomic E-state index is 0.573. The average molecular weight is 176 g/mol. The fraction of sp³-hybridized carbons (Fsp3) is 0.600. The van der Waals surface area contributed by atoms with Crippen molar-refractivity contribution in [1.82, 2.24) is 9.36 Å². The lowest BCUT2D eigenvalue weighted by Crippen LogP contribution is -1.90. The molecule has 0 fully saturated rings. The van der Waals surface area contributed by atoms with Gasteiger partial charge in [0.1, 0.15) is 0 Å². The molecule has 1 heterocycles. The Morgan fingerprint density at radius 2 is 2.50 bits per heavy atom. The van der Waals surface area contributed by atoms with Gasteiger partial charge >= 0.3 is 0 Å². The number of thiol groups is 1. The van der Waals surface area contributed by atoms with Crippen LogP contribution in [0.2, 0.25) is 0 Å². The van der Waals surface area contributed by atoms with Gasteiger partial charge in [-0.2, -0.15) is 22.0 Å². The predicted molar refractivity (Wildman–Crippen MR) is 43.8 cm³/mol. The van der Waals surface area contributed by atoms with E-state index in [1.807, 2.05) is 6.92 Å². The molecule has 0 aromatic carbocycles. The van der Waals surface area contributed by atoms with Gasteiger partial charge in [-0.1, -0.05) is 0 Å². The van der Waals surface area contributed by atoms with E-state index in [-0.39, 0.29) is 0 Å². The van der Waals surface area contributed by atoms with Crippen molar-refractivity contribution in [3.05, 3.63) is 5.82 Å². The summed E-state index contributed by atoms with van der Waals surface area (Å²) in [5.74, 6) is 1.31. The van der Waals surface area contributed by atoms with Crippen LogP contribution in [-0.2, 0) is 5.75 Å². The fourth-order valence-electron chi connectivity index (χ4n) is 0.484. The Morgan fingerprint density at radius 1 is 1.70 bits per heavy atom. The van der Waals surface area contributed by atoms with Crippen LogP contribution in [0.3, 0.4) is 0 Å². The third-order valence-corrected chi connectivity index (χ3v) is 1.81. The summed E-state index contributed by atoms with van der Waals surface area (Å²) in [6.45, 7) is 2.56. The summed E-state index contributed by atoms with van der Waals surface area (Å²) in [6, 6.07) is 0. The second kappa shape index (κ2) is 3.78. The zero-order valence-corrected chi connectivity index (χ0v) is 7.28. The summed E-state index contributed by atoms with van der Waals surface area (Å²) >= 11 is 5.28. The molecular weight excluding hydrogens is 168 g/mol. The van der Waals surface area contributed by atoms with Crippen molar-refractivity contribution in [3.8, 4) is 5.19 Å². The summed E-state index contributed by atoms with van der Waals surface area (Å²) in [5, 5.41) is 0.631. The molecule has 0 aliphatic rings. The molecule has 5 heteroatoms. The van der Waals surface area contributed by atoms with E-state index in [9.17, 15) is 0 Å². The Balaban J connectivity index is 2.59. The molecule has 0 saturated carbocycles. The normalized spacial score (nSPS) is 9.80. The zero-order valence-electron chi connectivity index (χ0n) is 5.57. The Kier molecular flexibility index (Phi) is 2.95. The van der Waals surface area contributed by atoms with Gasteiger partial charge in [0, 0.05) is 11.5 Å². The number of aromatic nitrogens is 2. The summed E-state index contributed by atoms with van der Waals surface area (Å²) in [7, 11) is 0. The maximum atomic E-state index is 5.10. The van der Waals surface area contributed by atoms with Gasteiger partial charge in [0.15, 0.2) is 5.82 Å². The molecule has 0 aliphatic carbocycles. The van der Waals surface area contributed by atoms with Crippen LogP contribution < -0.4 is 4.74 Å². The van der Waals surface area contributed by atoms with Gasteiger partial charge in [-0.25, -0.2) is 0 Å². The molecule has 0 atom stereocenters. The average Bonchev–Trinajstić information content (AvgIpc) is 2.37. The summed E-state index contributed by atoms with van der Waals surface area (Å²) in [6.07, 6.45) is 0. The van der Waals surface area contributed by atoms with Crippen LogP contribution in [0.15, 0.2) is 0 Å². The number of ether oxygens (including phenoxy) is 1. The lowest BCUT2D eigenvalue weighted by molar-refractivity contribution is 0.338. The van der Waals surface area contributed by atoms with Crippen molar-refractivity contribution in [2.75, 3.05) is 6.61 Å². The molecule has 1 aromatic rings. The molecule has 56 valence electrons. The molecule has 0 spiro atoms. The molecule has 0 bridgehead atoms. The van der Waals surface area contributed by atoms with Crippen LogP contribution in [0.5, 0.6) is 5.19 Å². The minimum Gasteiger partial charge on any atom is -0.469 e. The first kappa shape index (κ1) is 7.81. The molecule has 0 amide bonds. The second-order valence-corrected chi connectivity index (χ2v) is 2.60. The Morgan fingerprint density at radius 3 is 3.00 bits per heavy atom. The molecular formula is C5H8N2OS2. The van der Waals surface area contributed by atoms with Gasteiger partial charge in [0.25, 0.3) is 5.19 Å². The molecule has 0 saturated heterocycles. The highest BCUT2D eigenvalue weighted by molar-refractivity contribution is 7.79. The molecule has 10 heavy (non-hydrogen) atoms. The lowest BCUT2D eigenvalue weighted by Gasteiger charge is -1.91. The quantitative estimate of drug-likeness (QED) is 0.706. The van der Waals surface area contributed by atoms with Crippen molar-refractivity contribution in [2.45, 2.75) is 12.7 Å². The van der Waals surface area contributed by atoms with E-state index in [4.69, 9.17) is 4.74 Å². The van der Waals surface area contributed by atoms with Gasteiger partial charge in [0.2, 0.25) is 0 Å². The standard InChI is InChI=1S/C5H8N2OS2/c1-2-8-5-6-4(3-9)7-10-5/h9H,2-3H2,1H3. The fourth-order valence-corrected chi connectivity index (χ4v) is 1.33. The van der Waals surface area contributed by atoms with Crippen molar-refractivity contribution in [1.29, 1.82) is 0 Å². The first-order valence-corrected chi connectivity index (χ1v) is 4.33. The number of hydrogen-bond donors (Lipinski definition) is 1. The van der Waals surface area contributed by atoms with Gasteiger partial charge in [-0.3, -0.25) is 0 Å². The molecule has 3 nitrogen and oxygen atoms in total. The highest BCUT2D eigenvalue weighted by atomic mass is 32.1. The van der Waals surface area contributed by atoms with E-state index in [0.717, 1.165) is 5.82 Å². The Hall–Kier alpha value is -0.290. The maximum Gasteiger partial charge on any atom is 0.293 e. The van der Waals surface area contributed by atoms with Crippen LogP contribution in [0.1, 0.15) is 12.7 Å². The van der Waals surface area contributed by atoms with Gasteiger partial charge in [-0.15, -0.1) is 0 Å². The molecule has 1 aromatic heterocycles. The highest BCUT2D eigenvalue weighted by Gasteiger charge is 2.00. The van der Waals surface area contributed by atoms with E-state index in [0.29, 0.717) is 17.6 Å². The second-order valence-electron chi connectivity index (χ2n) is 1.57. The van der Waals surface area contributed by atoms with E-state index >= 15 is 0 Å². The smallest absolute Gasteiger partial charge is 0.293 e. The molecule has 0 N–H and O–H groups in total. The first-order valence-electron chi connectivity index (χ1n) is 2.93. The largest absolute Gasteiger partial charge is 0.469 e. The number of rotatable bonds is 3. The maximum absolute atomic E-state index is 5.10. The monoisotopic (exact) mass is 176 g/mol. The van der Waals surface area contributed by atoms with Crippen LogP contribution in [-0.4, -0.2) is 16.0 Å². The topological polar surface area (TPSA) is 35.0 Å². The van der Waals surface area contributed by atoms with Gasteiger partial charge < -0.3 is 4.74 Å². The van der Waals surface area contributed by atoms with Gasteiger partial charge in [-0.05, 0) is 6.92 Å². The van der Waals surface area contributed by atoms with Crippen LogP contribution >= 0.6 is 24.2 Å². The van der Waals surface area contributed by atoms with Crippen molar-refractivity contribution in [3.63, 3.8) is 0 Å². The molecule has 1 rings (SSSR count). The summed E-state index contributed by atoms with van der Waals surface area (Å²) < 4.78 is 9.08. The van der Waals surface area contributed by atoms with Crippen LogP contribution in [0, 0.1) is 0 Å². The summed E-state index contributed by atoms with van der Waals surface area (Å²) in [5.41, 5.74) is 0. The first-order chi connectivity index (χ1) is 4.86. The highest BCUT2D eigenvalue weighted by Crippen LogP contribution is 2.14. The number of hydrogen-bond acceptors (Lipinski definition) is 5. The molecule has 0 radical (unpaired) electrons. The van der Waals surface area contributed by atoms with E-state index < -0.39 is 0 Å². The third-order valence-electron chi connectivity index (χ3n) is 0.859. The van der Waals surface area contributed by atoms with Crippen molar-refractivity contribution < 1.29 is 4.74 Å². The van der Waals surface area contributed by atoms with Gasteiger partial charge in [0.05, 0.1) is 12.4 Å². The zero-order chi connectivity index (χ0) is 7.40. The van der Waals surface area contributed by atoms with E-state index in [1.165, 1.54) is 11.5 Å².